The summed E-state index contributed by atoms with van der Waals surface area (Å²) in [5.41, 5.74) is 0. The summed E-state index contributed by atoms with van der Waals surface area (Å²) in [6.45, 7) is 2.90. The Morgan fingerprint density at radius 2 is 1.87 bits per heavy atom. The quantitative estimate of drug-likeness (QED) is 0.793. The van der Waals surface area contributed by atoms with E-state index in [1.807, 2.05) is 53.9 Å². The highest BCUT2D eigenvalue weighted by Crippen LogP contribution is 2.33. The van der Waals surface area contributed by atoms with E-state index in [2.05, 4.69) is 6.92 Å². The van der Waals surface area contributed by atoms with E-state index >= 15 is 0 Å². The van der Waals surface area contributed by atoms with Crippen LogP contribution in [0.15, 0.2) is 40.1 Å². The highest BCUT2D eigenvalue weighted by Gasteiger charge is 2.10. The van der Waals surface area contributed by atoms with Crippen molar-refractivity contribution in [2.24, 2.45) is 0 Å². The van der Waals surface area contributed by atoms with E-state index < -0.39 is 0 Å². The fourth-order valence-corrected chi connectivity index (χ4v) is 3.49. The van der Waals surface area contributed by atoms with Crippen LogP contribution in [-0.4, -0.2) is 18.1 Å². The van der Waals surface area contributed by atoms with E-state index in [-0.39, 0.29) is 0 Å². The average molecular weight is 238 g/mol. The van der Waals surface area contributed by atoms with Crippen molar-refractivity contribution in [1.82, 2.24) is 0 Å². The third kappa shape index (κ3) is 3.21. The van der Waals surface area contributed by atoms with Gasteiger partial charge in [0.05, 0.1) is 0 Å². The fraction of sp³-hybridized carbons (Fsp3) is 0.333. The molecule has 1 aromatic carbocycles. The predicted molar refractivity (Wildman–Crippen MR) is 69.6 cm³/mol. The van der Waals surface area contributed by atoms with Gasteiger partial charge in [0.25, 0.3) is 0 Å². The Balaban J connectivity index is 1.93. The summed E-state index contributed by atoms with van der Waals surface area (Å²) >= 11 is 3.86. The third-order valence-corrected chi connectivity index (χ3v) is 4.84. The molecule has 0 spiro atoms. The molecule has 0 aliphatic carbocycles. The molecular formula is C12H14OS2. The fourth-order valence-electron chi connectivity index (χ4n) is 1.35. The molecule has 0 bridgehead atoms. The summed E-state index contributed by atoms with van der Waals surface area (Å²) < 4.78 is 5.72. The van der Waals surface area contributed by atoms with Crippen molar-refractivity contribution in [1.29, 1.82) is 0 Å². The molecule has 0 unspecified atom stereocenters. The molecule has 80 valence electrons. The molecule has 15 heavy (non-hydrogen) atoms. The summed E-state index contributed by atoms with van der Waals surface area (Å²) in [7, 11) is 0. The molecule has 1 nitrogen and oxygen atoms in total. The van der Waals surface area contributed by atoms with Crippen molar-refractivity contribution in [3.63, 3.8) is 0 Å². The second-order valence-corrected chi connectivity index (χ2v) is 5.78. The van der Waals surface area contributed by atoms with Crippen LogP contribution in [0.3, 0.4) is 0 Å². The summed E-state index contributed by atoms with van der Waals surface area (Å²) in [4.78, 5) is 2.80. The Bertz CT molecular complexity index is 346. The van der Waals surface area contributed by atoms with Crippen molar-refractivity contribution in [3.05, 3.63) is 40.1 Å². The van der Waals surface area contributed by atoms with Gasteiger partial charge in [-0.2, -0.15) is 0 Å². The van der Waals surface area contributed by atoms with Crippen LogP contribution in [0.4, 0.5) is 0 Å². The Labute approximate surface area is 99.3 Å². The maximum absolute atomic E-state index is 5.72. The lowest BCUT2D eigenvalue weighted by molar-refractivity contribution is 0.359. The van der Waals surface area contributed by atoms with Crippen LogP contribution in [0.2, 0.25) is 0 Å². The lowest BCUT2D eigenvalue weighted by Gasteiger charge is -2.17. The molecule has 2 rings (SSSR count). The summed E-state index contributed by atoms with van der Waals surface area (Å²) in [6, 6.07) is 9.99. The molecule has 1 aliphatic heterocycles. The third-order valence-electron chi connectivity index (χ3n) is 2.18. The van der Waals surface area contributed by atoms with Crippen molar-refractivity contribution < 1.29 is 4.74 Å². The molecule has 0 radical (unpaired) electrons. The summed E-state index contributed by atoms with van der Waals surface area (Å²) in [5, 5.41) is 0. The van der Waals surface area contributed by atoms with Gasteiger partial charge in [-0.15, -0.1) is 23.5 Å². The van der Waals surface area contributed by atoms with Gasteiger partial charge in [0.2, 0.25) is 0 Å². The summed E-state index contributed by atoms with van der Waals surface area (Å²) in [6.07, 6.45) is 0. The Morgan fingerprint density at radius 1 is 1.13 bits per heavy atom. The highest BCUT2D eigenvalue weighted by molar-refractivity contribution is 8.09. The van der Waals surface area contributed by atoms with Crippen molar-refractivity contribution in [2.45, 2.75) is 6.92 Å². The Morgan fingerprint density at radius 3 is 2.60 bits per heavy atom. The van der Waals surface area contributed by atoms with E-state index in [0.717, 1.165) is 5.75 Å². The van der Waals surface area contributed by atoms with Crippen molar-refractivity contribution in [3.8, 4) is 5.75 Å². The lowest BCUT2D eigenvalue weighted by Crippen LogP contribution is -2.04. The van der Waals surface area contributed by atoms with Gasteiger partial charge in [0.15, 0.2) is 0 Å². The average Bonchev–Trinajstić information content (AvgIpc) is 2.29. The number of thioether (sulfide) groups is 2. The minimum Gasteiger partial charge on any atom is -0.488 e. The van der Waals surface area contributed by atoms with Crippen LogP contribution in [0.1, 0.15) is 6.92 Å². The van der Waals surface area contributed by atoms with Crippen LogP contribution in [0, 0.1) is 0 Å². The lowest BCUT2D eigenvalue weighted by atomic mass is 10.3. The minimum absolute atomic E-state index is 0.716. The van der Waals surface area contributed by atoms with Gasteiger partial charge in [0, 0.05) is 16.4 Å². The SMILES string of the molecule is CC1=C(COc2ccccc2)SCCS1. The molecule has 3 heteroatoms. The minimum atomic E-state index is 0.716. The normalized spacial score (nSPS) is 16.6. The number of para-hydroxylation sites is 1. The Hall–Kier alpha value is -0.540. The van der Waals surface area contributed by atoms with E-state index in [9.17, 15) is 0 Å². The standard InChI is InChI=1S/C12H14OS2/c1-10-12(15-8-7-14-10)9-13-11-5-3-2-4-6-11/h2-6H,7-9H2,1H3. The second kappa shape index (κ2) is 5.52. The van der Waals surface area contributed by atoms with Crippen LogP contribution in [0.25, 0.3) is 0 Å². The topological polar surface area (TPSA) is 9.23 Å². The molecule has 1 heterocycles. The molecule has 0 saturated carbocycles. The van der Waals surface area contributed by atoms with Gasteiger partial charge in [-0.3, -0.25) is 0 Å². The largest absolute Gasteiger partial charge is 0.488 e. The van der Waals surface area contributed by atoms with E-state index in [4.69, 9.17) is 4.74 Å². The van der Waals surface area contributed by atoms with Crippen LogP contribution >= 0.6 is 23.5 Å². The molecule has 0 N–H and O–H groups in total. The summed E-state index contributed by atoms with van der Waals surface area (Å²) in [5.74, 6) is 3.38. The first-order valence-electron chi connectivity index (χ1n) is 4.99. The van der Waals surface area contributed by atoms with Gasteiger partial charge in [-0.05, 0) is 24.0 Å². The first-order chi connectivity index (χ1) is 7.36. The zero-order chi connectivity index (χ0) is 10.5. The molecule has 0 amide bonds. The first-order valence-corrected chi connectivity index (χ1v) is 6.96. The molecule has 0 fully saturated rings. The van der Waals surface area contributed by atoms with Crippen LogP contribution in [0.5, 0.6) is 5.75 Å². The first kappa shape index (κ1) is 11.0. The maximum Gasteiger partial charge on any atom is 0.120 e. The Kier molecular flexibility index (Phi) is 4.03. The van der Waals surface area contributed by atoms with Gasteiger partial charge < -0.3 is 4.74 Å². The van der Waals surface area contributed by atoms with Gasteiger partial charge in [0.1, 0.15) is 12.4 Å². The van der Waals surface area contributed by atoms with Crippen LogP contribution in [-0.2, 0) is 0 Å². The maximum atomic E-state index is 5.72. The zero-order valence-electron chi connectivity index (χ0n) is 8.73. The number of rotatable bonds is 3. The molecular weight excluding hydrogens is 224 g/mol. The molecule has 0 atom stereocenters. The molecule has 1 aliphatic rings. The van der Waals surface area contributed by atoms with E-state index in [0.29, 0.717) is 6.61 Å². The van der Waals surface area contributed by atoms with Crippen LogP contribution < -0.4 is 4.74 Å². The second-order valence-electron chi connectivity index (χ2n) is 3.28. The van der Waals surface area contributed by atoms with Gasteiger partial charge in [-0.25, -0.2) is 0 Å². The van der Waals surface area contributed by atoms with E-state index in [1.165, 1.54) is 21.3 Å². The highest BCUT2D eigenvalue weighted by atomic mass is 32.2. The molecule has 1 aromatic rings. The molecule has 0 saturated heterocycles. The van der Waals surface area contributed by atoms with Crippen molar-refractivity contribution in [2.75, 3.05) is 18.1 Å². The number of allylic oxidation sites excluding steroid dienone is 1. The van der Waals surface area contributed by atoms with Crippen molar-refractivity contribution >= 4 is 23.5 Å². The molecule has 0 aromatic heterocycles. The predicted octanol–water partition coefficient (Wildman–Crippen LogP) is 3.78. The number of hydrogen-bond acceptors (Lipinski definition) is 3. The smallest absolute Gasteiger partial charge is 0.120 e. The number of benzene rings is 1. The van der Waals surface area contributed by atoms with Gasteiger partial charge >= 0.3 is 0 Å². The van der Waals surface area contributed by atoms with E-state index in [1.54, 1.807) is 0 Å². The number of hydrogen-bond donors (Lipinski definition) is 0. The number of ether oxygens (including phenoxy) is 1. The van der Waals surface area contributed by atoms with Gasteiger partial charge in [-0.1, -0.05) is 18.2 Å². The monoisotopic (exact) mass is 238 g/mol. The zero-order valence-corrected chi connectivity index (χ0v) is 10.4.